The van der Waals surface area contributed by atoms with Crippen molar-refractivity contribution < 1.29 is 36.9 Å². The number of nitrogens with zero attached hydrogens (tertiary/aromatic N) is 5. The van der Waals surface area contributed by atoms with Gasteiger partial charge in [0.05, 0.1) is 23.4 Å². The van der Waals surface area contributed by atoms with Crippen LogP contribution in [0.25, 0.3) is 22.4 Å². The number of carboxylic acids is 1. The fraction of sp³-hybridized carbons (Fsp3) is 0.207. The van der Waals surface area contributed by atoms with Gasteiger partial charge in [0.2, 0.25) is 0 Å². The van der Waals surface area contributed by atoms with Crippen LogP contribution in [0.5, 0.6) is 5.88 Å². The second kappa shape index (κ2) is 11.6. The monoisotopic (exact) mass is 613 g/mol. The summed E-state index contributed by atoms with van der Waals surface area (Å²) in [6.45, 7) is 0.407. The molecule has 1 aromatic carbocycles. The van der Waals surface area contributed by atoms with Gasteiger partial charge in [0.1, 0.15) is 41.1 Å². The van der Waals surface area contributed by atoms with Crippen molar-refractivity contribution in [3.05, 3.63) is 99.7 Å². The molecule has 220 valence electrons. The van der Waals surface area contributed by atoms with Gasteiger partial charge in [-0.3, -0.25) is 4.98 Å². The zero-order valence-electron chi connectivity index (χ0n) is 22.0. The minimum Gasteiger partial charge on any atom is -0.477 e. The summed E-state index contributed by atoms with van der Waals surface area (Å²) in [7, 11) is 0. The van der Waals surface area contributed by atoms with Crippen molar-refractivity contribution in [1.29, 1.82) is 0 Å². The van der Waals surface area contributed by atoms with Crippen LogP contribution in [-0.2, 0) is 24.3 Å². The quantitative estimate of drug-likeness (QED) is 0.209. The molecular formula is C29H20ClF4N5O4. The number of hydrogen-bond acceptors (Lipinski definition) is 7. The summed E-state index contributed by atoms with van der Waals surface area (Å²) < 4.78 is 71.7. The lowest BCUT2D eigenvalue weighted by molar-refractivity contribution is -0.0590. The smallest absolute Gasteiger partial charge is 0.354 e. The summed E-state index contributed by atoms with van der Waals surface area (Å²) in [6.07, 6.45) is 1.68. The summed E-state index contributed by atoms with van der Waals surface area (Å²) in [5, 5.41) is 9.45. The summed E-state index contributed by atoms with van der Waals surface area (Å²) in [4.78, 5) is 27.9. The van der Waals surface area contributed by atoms with Gasteiger partial charge < -0.3 is 19.1 Å². The second-order valence-electron chi connectivity index (χ2n) is 9.72. The first-order valence-corrected chi connectivity index (χ1v) is 13.3. The maximum Gasteiger partial charge on any atom is 0.354 e. The zero-order valence-corrected chi connectivity index (χ0v) is 22.8. The highest BCUT2D eigenvalue weighted by molar-refractivity contribution is 6.30. The number of carbonyl (C=O) groups is 1. The van der Waals surface area contributed by atoms with E-state index in [1.807, 2.05) is 0 Å². The average molecular weight is 614 g/mol. The Bertz CT molecular complexity index is 1880. The number of aromatic carboxylic acids is 1. The van der Waals surface area contributed by atoms with Crippen molar-refractivity contribution in [3.63, 3.8) is 0 Å². The van der Waals surface area contributed by atoms with Crippen LogP contribution >= 0.6 is 11.6 Å². The summed E-state index contributed by atoms with van der Waals surface area (Å²) in [5.74, 6) is -4.72. The Morgan fingerprint density at radius 2 is 1.84 bits per heavy atom. The molecule has 1 atom stereocenters. The molecule has 1 fully saturated rings. The van der Waals surface area contributed by atoms with Gasteiger partial charge in [-0.15, -0.1) is 0 Å². The molecular weight excluding hydrogens is 594 g/mol. The predicted molar refractivity (Wildman–Crippen MR) is 145 cm³/mol. The largest absolute Gasteiger partial charge is 0.477 e. The molecule has 5 aromatic rings. The highest BCUT2D eigenvalue weighted by Gasteiger charge is 2.24. The van der Waals surface area contributed by atoms with Gasteiger partial charge in [0.15, 0.2) is 17.2 Å². The number of aromatic nitrogens is 5. The van der Waals surface area contributed by atoms with Gasteiger partial charge in [-0.1, -0.05) is 11.6 Å². The lowest BCUT2D eigenvalue weighted by Gasteiger charge is -2.27. The normalized spacial score (nSPS) is 14.6. The van der Waals surface area contributed by atoms with E-state index in [2.05, 4.69) is 19.9 Å². The Labute approximate surface area is 245 Å². The third kappa shape index (κ3) is 5.86. The molecule has 4 aromatic heterocycles. The minimum absolute atomic E-state index is 0.0336. The molecule has 1 aliphatic heterocycles. The van der Waals surface area contributed by atoms with Crippen molar-refractivity contribution in [2.45, 2.75) is 32.1 Å². The number of halogens is 5. The third-order valence-electron chi connectivity index (χ3n) is 6.87. The van der Waals surface area contributed by atoms with Crippen LogP contribution in [0.15, 0.2) is 48.7 Å². The fourth-order valence-electron chi connectivity index (χ4n) is 4.58. The van der Waals surface area contributed by atoms with Gasteiger partial charge in [0.25, 0.3) is 5.88 Å². The first-order valence-electron chi connectivity index (χ1n) is 12.9. The molecule has 0 spiro atoms. The molecule has 0 radical (unpaired) electrons. The maximum atomic E-state index is 15.4. The molecule has 6 rings (SSSR count). The molecule has 0 saturated carbocycles. The van der Waals surface area contributed by atoms with Crippen LogP contribution in [-0.4, -0.2) is 48.3 Å². The van der Waals surface area contributed by atoms with Crippen molar-refractivity contribution in [2.75, 3.05) is 6.61 Å². The van der Waals surface area contributed by atoms with E-state index in [4.69, 9.17) is 21.1 Å². The van der Waals surface area contributed by atoms with E-state index >= 15 is 8.78 Å². The van der Waals surface area contributed by atoms with E-state index in [0.29, 0.717) is 30.1 Å². The highest BCUT2D eigenvalue weighted by Crippen LogP contribution is 2.29. The number of benzene rings is 1. The fourth-order valence-corrected chi connectivity index (χ4v) is 4.72. The number of rotatable bonds is 9. The van der Waals surface area contributed by atoms with E-state index in [9.17, 15) is 18.7 Å². The summed E-state index contributed by atoms with van der Waals surface area (Å²) in [5.41, 5.74) is -0.0561. The molecule has 1 saturated heterocycles. The Morgan fingerprint density at radius 1 is 1.02 bits per heavy atom. The van der Waals surface area contributed by atoms with Gasteiger partial charge in [-0.2, -0.15) is 0 Å². The number of ether oxygens (including phenoxy) is 2. The van der Waals surface area contributed by atoms with E-state index in [1.54, 1.807) is 4.57 Å². The minimum atomic E-state index is -1.21. The van der Waals surface area contributed by atoms with Crippen molar-refractivity contribution in [1.82, 2.24) is 24.5 Å². The van der Waals surface area contributed by atoms with E-state index in [1.165, 1.54) is 18.3 Å². The topological polar surface area (TPSA) is 112 Å². The number of imidazole rings is 1. The lowest BCUT2D eigenvalue weighted by Crippen LogP contribution is -2.32. The Balaban J connectivity index is 1.29. The van der Waals surface area contributed by atoms with Crippen LogP contribution in [0.2, 0.25) is 5.02 Å². The molecule has 0 unspecified atom stereocenters. The SMILES string of the molecule is O=C(O)c1ccc2nc(Cc3cc(F)c(-c4ccc(F)c(OCc5ncc(Cl)cc5F)n4)cc3F)n(C[C@@H]3CCO3)c2n1. The molecule has 0 aliphatic carbocycles. The molecule has 5 heterocycles. The van der Waals surface area contributed by atoms with E-state index in [-0.39, 0.29) is 45.8 Å². The van der Waals surface area contributed by atoms with E-state index < -0.39 is 41.7 Å². The van der Waals surface area contributed by atoms with Gasteiger partial charge >= 0.3 is 5.97 Å². The molecule has 0 amide bonds. The standard InChI is InChI=1S/C29H20ClF4N5O4/c30-15-9-21(34)25(35-11-15)13-43-28-18(31)1-2-22(38-28)17-10-19(32)14(7-20(17)33)8-26-36-23-3-4-24(29(40)41)37-27(23)39(26)12-16-5-6-42-16/h1-4,7,9-11,16H,5-6,8,12-13H2,(H,40,41)/t16-/m0/s1. The lowest BCUT2D eigenvalue weighted by atomic mass is 10.0. The third-order valence-corrected chi connectivity index (χ3v) is 7.08. The maximum absolute atomic E-state index is 15.4. The molecule has 43 heavy (non-hydrogen) atoms. The number of fused-ring (bicyclic) bond motifs is 1. The first-order chi connectivity index (χ1) is 20.7. The zero-order chi connectivity index (χ0) is 30.2. The highest BCUT2D eigenvalue weighted by atomic mass is 35.5. The van der Waals surface area contributed by atoms with Gasteiger partial charge in [-0.25, -0.2) is 37.3 Å². The van der Waals surface area contributed by atoms with Crippen LogP contribution in [0.3, 0.4) is 0 Å². The predicted octanol–water partition coefficient (Wildman–Crippen LogP) is 5.76. The first kappa shape index (κ1) is 28.5. The molecule has 1 aliphatic rings. The molecule has 0 bridgehead atoms. The van der Waals surface area contributed by atoms with Crippen LogP contribution < -0.4 is 4.74 Å². The molecule has 9 nitrogen and oxygen atoms in total. The number of hydrogen-bond donors (Lipinski definition) is 1. The van der Waals surface area contributed by atoms with Crippen molar-refractivity contribution in [3.8, 4) is 17.1 Å². The van der Waals surface area contributed by atoms with Gasteiger partial charge in [-0.05, 0) is 54.4 Å². The number of carboxylic acid groups (broad SMARTS) is 1. The van der Waals surface area contributed by atoms with Crippen LogP contribution in [0.1, 0.15) is 34.0 Å². The van der Waals surface area contributed by atoms with Gasteiger partial charge in [0, 0.05) is 24.8 Å². The van der Waals surface area contributed by atoms with Crippen LogP contribution in [0, 0.1) is 23.3 Å². The summed E-state index contributed by atoms with van der Waals surface area (Å²) in [6, 6.07) is 7.89. The van der Waals surface area contributed by atoms with Crippen molar-refractivity contribution in [2.24, 2.45) is 0 Å². The Morgan fingerprint density at radius 3 is 2.56 bits per heavy atom. The van der Waals surface area contributed by atoms with Crippen molar-refractivity contribution >= 4 is 28.7 Å². The number of pyridine rings is 3. The average Bonchev–Trinajstić information content (AvgIpc) is 3.28. The molecule has 1 N–H and O–H groups in total. The van der Waals surface area contributed by atoms with E-state index in [0.717, 1.165) is 36.8 Å². The second-order valence-corrected chi connectivity index (χ2v) is 10.2. The van der Waals surface area contributed by atoms with Crippen LogP contribution in [0.4, 0.5) is 17.6 Å². The Kier molecular flexibility index (Phi) is 7.67. The molecule has 14 heteroatoms. The Hall–Kier alpha value is -4.62. The summed E-state index contributed by atoms with van der Waals surface area (Å²) >= 11 is 5.69.